The minimum atomic E-state index is -0.274. The molecule has 0 saturated heterocycles. The maximum atomic E-state index is 12.5. The molecule has 2 heterocycles. The molecule has 1 atom stereocenters. The van der Waals surface area contributed by atoms with E-state index in [1.807, 2.05) is 22.9 Å². The molecular weight excluding hydrogens is 330 g/mol. The van der Waals surface area contributed by atoms with E-state index in [-0.39, 0.29) is 24.3 Å². The fourth-order valence-electron chi connectivity index (χ4n) is 2.20. The third kappa shape index (κ3) is 5.14. The van der Waals surface area contributed by atoms with Crippen LogP contribution in [0.3, 0.4) is 0 Å². The highest BCUT2D eigenvalue weighted by molar-refractivity contribution is 7.10. The van der Waals surface area contributed by atoms with Gasteiger partial charge in [0.2, 0.25) is 11.8 Å². The van der Waals surface area contributed by atoms with Crippen LogP contribution in [0.5, 0.6) is 0 Å². The van der Waals surface area contributed by atoms with Crippen molar-refractivity contribution >= 4 is 34.5 Å². The SMILES string of the molecule is CCc1nc(CN(C)C(=O)CC(NC(C)=O)c2cccs2)cs1. The molecular formula is C16H21N3O2S2. The number of hydrogen-bond donors (Lipinski definition) is 1. The van der Waals surface area contributed by atoms with Crippen LogP contribution in [-0.2, 0) is 22.6 Å². The first-order valence-corrected chi connectivity index (χ1v) is 9.23. The number of amides is 2. The van der Waals surface area contributed by atoms with Crippen molar-refractivity contribution in [2.75, 3.05) is 7.05 Å². The smallest absolute Gasteiger partial charge is 0.225 e. The van der Waals surface area contributed by atoms with E-state index in [2.05, 4.69) is 17.2 Å². The number of carbonyl (C=O) groups excluding carboxylic acids is 2. The van der Waals surface area contributed by atoms with E-state index >= 15 is 0 Å². The average molecular weight is 351 g/mol. The van der Waals surface area contributed by atoms with Crippen LogP contribution in [0.25, 0.3) is 0 Å². The highest BCUT2D eigenvalue weighted by atomic mass is 32.1. The van der Waals surface area contributed by atoms with Crippen LogP contribution in [0.2, 0.25) is 0 Å². The largest absolute Gasteiger partial charge is 0.348 e. The zero-order chi connectivity index (χ0) is 16.8. The Kier molecular flexibility index (Phi) is 6.29. The van der Waals surface area contributed by atoms with Gasteiger partial charge in [0.05, 0.1) is 29.7 Å². The van der Waals surface area contributed by atoms with Gasteiger partial charge in [-0.2, -0.15) is 0 Å². The van der Waals surface area contributed by atoms with Gasteiger partial charge < -0.3 is 10.2 Å². The number of thiophene rings is 1. The molecule has 1 N–H and O–H groups in total. The molecule has 0 fully saturated rings. The summed E-state index contributed by atoms with van der Waals surface area (Å²) >= 11 is 3.16. The second kappa shape index (κ2) is 8.21. The summed E-state index contributed by atoms with van der Waals surface area (Å²) in [5, 5.41) is 7.87. The summed E-state index contributed by atoms with van der Waals surface area (Å²) in [5.41, 5.74) is 0.912. The first-order chi connectivity index (χ1) is 11.0. The normalized spacial score (nSPS) is 12.0. The predicted molar refractivity (Wildman–Crippen MR) is 93.5 cm³/mol. The van der Waals surface area contributed by atoms with Gasteiger partial charge in [-0.05, 0) is 17.9 Å². The van der Waals surface area contributed by atoms with E-state index in [1.54, 1.807) is 34.6 Å². The summed E-state index contributed by atoms with van der Waals surface area (Å²) in [4.78, 5) is 31.0. The molecule has 0 aliphatic heterocycles. The van der Waals surface area contributed by atoms with Gasteiger partial charge in [0.1, 0.15) is 0 Å². The summed E-state index contributed by atoms with van der Waals surface area (Å²) in [6, 6.07) is 3.58. The van der Waals surface area contributed by atoms with Gasteiger partial charge in [-0.15, -0.1) is 22.7 Å². The Labute approximate surface area is 144 Å². The molecule has 0 aromatic carbocycles. The molecule has 2 aromatic heterocycles. The van der Waals surface area contributed by atoms with Crippen molar-refractivity contribution in [3.05, 3.63) is 38.5 Å². The quantitative estimate of drug-likeness (QED) is 0.834. The Balaban J connectivity index is 1.98. The maximum Gasteiger partial charge on any atom is 0.225 e. The second-order valence-electron chi connectivity index (χ2n) is 5.31. The molecule has 5 nitrogen and oxygen atoms in total. The standard InChI is InChI=1S/C16H21N3O2S2/c1-4-15-18-12(10-23-15)9-19(3)16(21)8-13(17-11(2)20)14-6-5-7-22-14/h5-7,10,13H,4,8-9H2,1-3H3,(H,17,20). The molecule has 0 aliphatic rings. The minimum Gasteiger partial charge on any atom is -0.348 e. The maximum absolute atomic E-state index is 12.5. The molecule has 124 valence electrons. The first kappa shape index (κ1) is 17.6. The Morgan fingerprint density at radius 3 is 2.74 bits per heavy atom. The second-order valence-corrected chi connectivity index (χ2v) is 7.23. The lowest BCUT2D eigenvalue weighted by molar-refractivity contribution is -0.131. The van der Waals surface area contributed by atoms with E-state index in [9.17, 15) is 9.59 Å². The van der Waals surface area contributed by atoms with Crippen molar-refractivity contribution in [1.82, 2.24) is 15.2 Å². The number of carbonyl (C=O) groups is 2. The molecule has 2 amide bonds. The zero-order valence-electron chi connectivity index (χ0n) is 13.5. The molecule has 7 heteroatoms. The molecule has 1 unspecified atom stereocenters. The zero-order valence-corrected chi connectivity index (χ0v) is 15.2. The predicted octanol–water partition coefficient (Wildman–Crippen LogP) is 2.99. The van der Waals surface area contributed by atoms with Crippen molar-refractivity contribution in [2.24, 2.45) is 0 Å². The summed E-state index contributed by atoms with van der Waals surface area (Å²) in [7, 11) is 1.77. The van der Waals surface area contributed by atoms with E-state index in [4.69, 9.17) is 0 Å². The minimum absolute atomic E-state index is 0.0109. The Morgan fingerprint density at radius 2 is 2.17 bits per heavy atom. The van der Waals surface area contributed by atoms with Crippen LogP contribution in [0.1, 0.15) is 41.9 Å². The van der Waals surface area contributed by atoms with Crippen LogP contribution in [-0.4, -0.2) is 28.7 Å². The molecule has 0 radical (unpaired) electrons. The lowest BCUT2D eigenvalue weighted by Crippen LogP contribution is -2.33. The summed E-state index contributed by atoms with van der Waals surface area (Å²) < 4.78 is 0. The highest BCUT2D eigenvalue weighted by Crippen LogP contribution is 2.23. The van der Waals surface area contributed by atoms with Gasteiger partial charge in [0.25, 0.3) is 0 Å². The number of aryl methyl sites for hydroxylation is 1. The van der Waals surface area contributed by atoms with Crippen molar-refractivity contribution in [3.63, 3.8) is 0 Å². The van der Waals surface area contributed by atoms with E-state index in [0.29, 0.717) is 6.54 Å². The van der Waals surface area contributed by atoms with Gasteiger partial charge in [-0.3, -0.25) is 9.59 Å². The van der Waals surface area contributed by atoms with Crippen molar-refractivity contribution < 1.29 is 9.59 Å². The fourth-order valence-corrected chi connectivity index (χ4v) is 3.72. The summed E-state index contributed by atoms with van der Waals surface area (Å²) in [5.74, 6) is -0.144. The number of thiazole rings is 1. The van der Waals surface area contributed by atoms with Gasteiger partial charge >= 0.3 is 0 Å². The van der Waals surface area contributed by atoms with E-state index < -0.39 is 0 Å². The van der Waals surface area contributed by atoms with Gasteiger partial charge in [-0.1, -0.05) is 13.0 Å². The average Bonchev–Trinajstić information content (AvgIpc) is 3.17. The Bertz CT molecular complexity index is 652. The van der Waals surface area contributed by atoms with Crippen molar-refractivity contribution in [1.29, 1.82) is 0 Å². The number of hydrogen-bond acceptors (Lipinski definition) is 5. The highest BCUT2D eigenvalue weighted by Gasteiger charge is 2.20. The van der Waals surface area contributed by atoms with Crippen LogP contribution in [0, 0.1) is 0 Å². The molecule has 0 saturated carbocycles. The van der Waals surface area contributed by atoms with Crippen LogP contribution in [0.15, 0.2) is 22.9 Å². The lowest BCUT2D eigenvalue weighted by Gasteiger charge is -2.21. The van der Waals surface area contributed by atoms with Crippen LogP contribution in [0.4, 0.5) is 0 Å². The van der Waals surface area contributed by atoms with Gasteiger partial charge in [-0.25, -0.2) is 4.98 Å². The monoisotopic (exact) mass is 351 g/mol. The summed E-state index contributed by atoms with van der Waals surface area (Å²) in [6.45, 7) is 4.03. The number of aromatic nitrogens is 1. The molecule has 0 bridgehead atoms. The van der Waals surface area contributed by atoms with Gasteiger partial charge in [0, 0.05) is 24.2 Å². The van der Waals surface area contributed by atoms with Crippen LogP contribution < -0.4 is 5.32 Å². The third-order valence-corrected chi connectivity index (χ3v) is 5.40. The number of rotatable bonds is 7. The Morgan fingerprint density at radius 1 is 1.39 bits per heavy atom. The van der Waals surface area contributed by atoms with Crippen molar-refractivity contribution in [2.45, 2.75) is 39.3 Å². The Hall–Kier alpha value is -1.73. The third-order valence-electron chi connectivity index (χ3n) is 3.37. The van der Waals surface area contributed by atoms with E-state index in [0.717, 1.165) is 22.0 Å². The fraction of sp³-hybridized carbons (Fsp3) is 0.438. The van der Waals surface area contributed by atoms with Crippen LogP contribution >= 0.6 is 22.7 Å². The topological polar surface area (TPSA) is 62.3 Å². The lowest BCUT2D eigenvalue weighted by atomic mass is 10.1. The molecule has 0 spiro atoms. The van der Waals surface area contributed by atoms with Crippen molar-refractivity contribution in [3.8, 4) is 0 Å². The van der Waals surface area contributed by atoms with E-state index in [1.165, 1.54) is 6.92 Å². The molecule has 0 aliphatic carbocycles. The summed E-state index contributed by atoms with van der Waals surface area (Å²) in [6.07, 6.45) is 1.16. The molecule has 23 heavy (non-hydrogen) atoms. The number of nitrogens with one attached hydrogen (secondary N) is 1. The first-order valence-electron chi connectivity index (χ1n) is 7.47. The molecule has 2 rings (SSSR count). The van der Waals surface area contributed by atoms with Gasteiger partial charge in [0.15, 0.2) is 0 Å². The number of nitrogens with zero attached hydrogens (tertiary/aromatic N) is 2. The molecule has 2 aromatic rings.